The number of aryl methyl sites for hydroxylation is 3. The highest BCUT2D eigenvalue weighted by Gasteiger charge is 2.24. The first kappa shape index (κ1) is 63.9. The molecule has 0 aliphatic carbocycles. The predicted octanol–water partition coefficient (Wildman–Crippen LogP) is 9.10. The zero-order valence-electron chi connectivity index (χ0n) is 49.7. The number of H-pyrrole nitrogens is 1. The minimum Gasteiger partial charge on any atom is -0.508 e. The van der Waals surface area contributed by atoms with Crippen LogP contribution in [0.2, 0.25) is 25.8 Å². The number of rotatable bonds is 7. The van der Waals surface area contributed by atoms with Crippen molar-refractivity contribution < 1.29 is 15.3 Å². The highest BCUT2D eigenvalue weighted by molar-refractivity contribution is 6.33. The van der Waals surface area contributed by atoms with Crippen molar-refractivity contribution in [1.29, 1.82) is 0 Å². The van der Waals surface area contributed by atoms with Crippen LogP contribution < -0.4 is 29.8 Å². The summed E-state index contributed by atoms with van der Waals surface area (Å²) in [6.45, 7) is 16.5. The molecule has 0 amide bonds. The first-order valence-corrected chi connectivity index (χ1v) is 30.7. The molecule has 27 nitrogen and oxygen atoms in total. The Balaban J connectivity index is 0.000000140. The van der Waals surface area contributed by atoms with Gasteiger partial charge in [-0.25, -0.2) is 29.9 Å². The summed E-state index contributed by atoms with van der Waals surface area (Å²) >= 11 is 28.2. The number of halogens is 5. The number of nitrogens with one attached hydrogen (secondary N) is 2. The summed E-state index contributed by atoms with van der Waals surface area (Å²) in [4.78, 5) is 53.0. The summed E-state index contributed by atoms with van der Waals surface area (Å²) in [7, 11) is 0. The fraction of sp³-hybridized carbons (Fsp3) is 0.250. The molecule has 3 aromatic carbocycles. The van der Waals surface area contributed by atoms with E-state index in [1.165, 1.54) is 24.1 Å². The Morgan fingerprint density at radius 2 is 0.870 bits per heavy atom. The second-order valence-corrected chi connectivity index (χ2v) is 22.8. The summed E-state index contributed by atoms with van der Waals surface area (Å²) in [5.41, 5.74) is 10.9. The molecule has 0 bridgehead atoms. The maximum absolute atomic E-state index is 9.61. The highest BCUT2D eigenvalue weighted by Crippen LogP contribution is 2.28. The zero-order valence-corrected chi connectivity index (χ0v) is 53.5. The van der Waals surface area contributed by atoms with E-state index in [1.54, 1.807) is 72.2 Å². The maximum Gasteiger partial charge on any atom is 0.227 e. The van der Waals surface area contributed by atoms with Crippen molar-refractivity contribution in [2.75, 3.05) is 103 Å². The normalized spacial score (nSPS) is 14.0. The van der Waals surface area contributed by atoms with Crippen LogP contribution in [-0.4, -0.2) is 183 Å². The van der Waals surface area contributed by atoms with Crippen molar-refractivity contribution in [3.63, 3.8) is 0 Å². The van der Waals surface area contributed by atoms with Crippen LogP contribution in [0, 0.1) is 20.8 Å². The number of nitrogens with zero attached hydrogens (tertiary/aromatic N) is 22. The van der Waals surface area contributed by atoms with Crippen LogP contribution in [0.5, 0.6) is 17.2 Å². The topological polar surface area (TPSA) is 308 Å². The first-order valence-electron chi connectivity index (χ1n) is 28.8. The molecular formula is C60H59Cl5N24O3. The summed E-state index contributed by atoms with van der Waals surface area (Å²) in [5, 5.41) is 56.8. The van der Waals surface area contributed by atoms with Crippen molar-refractivity contribution in [2.24, 2.45) is 0 Å². The second-order valence-electron chi connectivity index (χ2n) is 20.9. The zero-order chi connectivity index (χ0) is 64.3. The molecule has 0 unspecified atom stereocenters. The number of phenolic OH excluding ortho intramolecular Hbond substituents is 3. The molecule has 15 rings (SSSR count). The molecule has 472 valence electrons. The van der Waals surface area contributed by atoms with Crippen LogP contribution in [0.4, 0.5) is 28.7 Å². The van der Waals surface area contributed by atoms with Gasteiger partial charge in [0.25, 0.3) is 0 Å². The Hall–Kier alpha value is -9.64. The number of hydrogen-bond acceptors (Lipinski definition) is 24. The van der Waals surface area contributed by atoms with E-state index in [1.807, 2.05) is 67.8 Å². The number of fused-ring (bicyclic) bond motifs is 3. The molecular weight excluding hydrogens is 1280 g/mol. The lowest BCUT2D eigenvalue weighted by molar-refractivity contribution is 0.474. The summed E-state index contributed by atoms with van der Waals surface area (Å²) in [6.07, 6.45) is 9.59. The Kier molecular flexibility index (Phi) is 20.5. The Morgan fingerprint density at radius 1 is 0.424 bits per heavy atom. The average molecular weight is 1340 g/mol. The van der Waals surface area contributed by atoms with Gasteiger partial charge in [-0.15, -0.1) is 15.3 Å². The standard InChI is InChI=1S/C30H32N10O2.C10H6Cl2N6.C10H14N2O.C6H5ClN4.C4H2Cl2N2/c1-21-28-29(34-30(33-21)39-16-14-37(15-17-39)23-4-8-26(42)9-5-23)40(20-31-28)27-18-24(19-32-35-27)38-12-10-36(11-13-38)22-2-6-25(41)7-3-22;1-5-8-9(16-10(12)15-5)18(4-13-8)7-2-6(11)3-14-17-7;13-10-3-1-9(2-4-10)12-7-5-11-6-8-12;1-3-4-5(9-2-8-4)11-6(7)10-3;5-3-1-4(6)8-7-2-3/h2-9,18-20,41-42H,10-17H2,1H3;2-4H,1H3;1-4,11,13H,5-8H2;2H,1H3,(H,8,9,10,11);1-2H. The lowest BCUT2D eigenvalue weighted by atomic mass is 10.2. The number of benzene rings is 3. The van der Waals surface area contributed by atoms with Crippen molar-refractivity contribution in [3.05, 3.63) is 171 Å². The molecule has 3 aliphatic heterocycles. The van der Waals surface area contributed by atoms with E-state index >= 15 is 0 Å². The first-order chi connectivity index (χ1) is 44.6. The van der Waals surface area contributed by atoms with E-state index in [4.69, 9.17) is 73.1 Å². The van der Waals surface area contributed by atoms with Crippen molar-refractivity contribution in [3.8, 4) is 28.9 Å². The van der Waals surface area contributed by atoms with Gasteiger partial charge in [0.1, 0.15) is 46.5 Å². The second kappa shape index (κ2) is 29.5. The largest absolute Gasteiger partial charge is 0.508 e. The lowest BCUT2D eigenvalue weighted by Gasteiger charge is -2.37. The highest BCUT2D eigenvalue weighted by atomic mass is 35.5. The van der Waals surface area contributed by atoms with Crippen LogP contribution in [-0.2, 0) is 0 Å². The number of aromatic amines is 1. The van der Waals surface area contributed by atoms with Crippen LogP contribution >= 0.6 is 58.0 Å². The summed E-state index contributed by atoms with van der Waals surface area (Å²) in [5.74, 6) is 2.76. The van der Waals surface area contributed by atoms with Gasteiger partial charge in [0.2, 0.25) is 16.5 Å². The minimum atomic E-state index is 0.164. The quantitative estimate of drug-likeness (QED) is 0.0929. The van der Waals surface area contributed by atoms with Crippen molar-refractivity contribution in [1.82, 2.24) is 94.9 Å². The van der Waals surface area contributed by atoms with Gasteiger partial charge in [-0.2, -0.15) is 30.2 Å². The van der Waals surface area contributed by atoms with E-state index in [0.717, 1.165) is 118 Å². The molecule has 0 atom stereocenters. The molecule has 32 heteroatoms. The number of imidazole rings is 3. The van der Waals surface area contributed by atoms with Crippen molar-refractivity contribution in [2.45, 2.75) is 20.8 Å². The summed E-state index contributed by atoms with van der Waals surface area (Å²) in [6, 6.07) is 27.3. The molecule has 3 aliphatic rings. The summed E-state index contributed by atoms with van der Waals surface area (Å²) < 4.78 is 3.55. The minimum absolute atomic E-state index is 0.164. The number of phenols is 3. The SMILES string of the molecule is Cc1nc(Cl)nc2c1ncn2-c1cc(Cl)cnn1.Cc1nc(Cl)nc2nc[nH]c12.Cc1nc(N2CCN(c3ccc(O)cc3)CC2)nc2c1ncn2-c1cc(N2CCN(c3ccc(O)cc3)CC2)cnn1.Clc1cnnc(Cl)c1.Oc1ccc(N2CCNCC2)cc1. The smallest absolute Gasteiger partial charge is 0.227 e. The average Bonchev–Trinajstić information content (AvgIpc) is 1.62. The van der Waals surface area contributed by atoms with Gasteiger partial charge in [-0.1, -0.05) is 34.8 Å². The van der Waals surface area contributed by atoms with E-state index < -0.39 is 0 Å². The third kappa shape index (κ3) is 15.9. The number of hydrogen-bond donors (Lipinski definition) is 5. The van der Waals surface area contributed by atoms with Crippen LogP contribution in [0.3, 0.4) is 0 Å². The molecule has 12 heterocycles. The number of aromatic nitrogens is 18. The number of anilines is 5. The fourth-order valence-electron chi connectivity index (χ4n) is 10.2. The van der Waals surface area contributed by atoms with E-state index in [0.29, 0.717) is 66.7 Å². The van der Waals surface area contributed by atoms with Crippen LogP contribution in [0.1, 0.15) is 17.1 Å². The molecule has 3 saturated heterocycles. The van der Waals surface area contributed by atoms with Gasteiger partial charge in [-0.05, 0) is 123 Å². The van der Waals surface area contributed by atoms with Crippen molar-refractivity contribution >= 4 is 120 Å². The van der Waals surface area contributed by atoms with E-state index in [9.17, 15) is 10.2 Å². The maximum atomic E-state index is 9.61. The van der Waals surface area contributed by atoms with Gasteiger partial charge < -0.3 is 50.1 Å². The Bertz CT molecular complexity index is 4410. The molecule has 9 aromatic heterocycles. The molecule has 92 heavy (non-hydrogen) atoms. The Morgan fingerprint density at radius 3 is 1.39 bits per heavy atom. The molecule has 12 aromatic rings. The predicted molar refractivity (Wildman–Crippen MR) is 356 cm³/mol. The number of piperazine rings is 3. The van der Waals surface area contributed by atoms with Crippen LogP contribution in [0.15, 0.2) is 129 Å². The molecule has 0 saturated carbocycles. The molecule has 5 N–H and O–H groups in total. The van der Waals surface area contributed by atoms with Gasteiger partial charge in [0, 0.05) is 108 Å². The molecule has 3 fully saturated rings. The van der Waals surface area contributed by atoms with Crippen LogP contribution in [0.25, 0.3) is 45.1 Å². The third-order valence-corrected chi connectivity index (χ3v) is 15.8. The van der Waals surface area contributed by atoms with E-state index in [-0.39, 0.29) is 22.1 Å². The van der Waals surface area contributed by atoms with Gasteiger partial charge in [0.15, 0.2) is 33.7 Å². The molecule has 0 spiro atoms. The lowest BCUT2D eigenvalue weighted by Crippen LogP contribution is -2.47. The molecule has 0 radical (unpaired) electrons. The third-order valence-electron chi connectivity index (χ3n) is 14.8. The fourth-order valence-corrected chi connectivity index (χ4v) is 11.1. The number of aromatic hydroxyl groups is 3. The van der Waals surface area contributed by atoms with Gasteiger partial charge >= 0.3 is 0 Å². The monoisotopic (exact) mass is 1340 g/mol. The Labute approximate surface area is 551 Å². The van der Waals surface area contributed by atoms with Gasteiger partial charge in [0.05, 0.1) is 57.7 Å². The van der Waals surface area contributed by atoms with Gasteiger partial charge in [-0.3, -0.25) is 9.13 Å². The van der Waals surface area contributed by atoms with E-state index in [2.05, 4.69) is 100 Å².